The smallest absolute Gasteiger partial charge is 0.254 e. The van der Waals surface area contributed by atoms with Crippen molar-refractivity contribution in [3.05, 3.63) is 42.5 Å². The number of carbonyl (C=O) groups excluding carboxylic acids is 1. The van der Waals surface area contributed by atoms with Gasteiger partial charge in [0.15, 0.2) is 9.84 Å². The number of nitrogens with zero attached hydrogens (tertiary/aromatic N) is 1. The maximum Gasteiger partial charge on any atom is 0.254 e. The van der Waals surface area contributed by atoms with Gasteiger partial charge < -0.3 is 4.90 Å². The molecule has 7 nitrogen and oxygen atoms in total. The Bertz CT molecular complexity index is 950. The highest BCUT2D eigenvalue weighted by Crippen LogP contribution is 2.23. The van der Waals surface area contributed by atoms with E-state index in [0.29, 0.717) is 6.42 Å². The summed E-state index contributed by atoms with van der Waals surface area (Å²) in [6.45, 7) is 3.85. The summed E-state index contributed by atoms with van der Waals surface area (Å²) < 4.78 is 51.7. The molecule has 1 saturated carbocycles. The lowest BCUT2D eigenvalue weighted by molar-refractivity contribution is 0.0720. The van der Waals surface area contributed by atoms with E-state index in [1.807, 2.05) is 0 Å². The summed E-state index contributed by atoms with van der Waals surface area (Å²) in [5, 5.41) is 0. The molecule has 1 N–H and O–H groups in total. The minimum atomic E-state index is -3.71. The molecule has 1 amide bonds. The summed E-state index contributed by atoms with van der Waals surface area (Å²) in [6, 6.07) is 5.42. The van der Waals surface area contributed by atoms with E-state index in [4.69, 9.17) is 0 Å². The molecule has 0 spiro atoms. The van der Waals surface area contributed by atoms with E-state index in [1.165, 1.54) is 23.1 Å². The summed E-state index contributed by atoms with van der Waals surface area (Å²) >= 11 is 0. The maximum absolute atomic E-state index is 13.0. The zero-order chi connectivity index (χ0) is 20.4. The number of amides is 1. The lowest BCUT2D eigenvalue weighted by atomic mass is 10.1. The van der Waals surface area contributed by atoms with E-state index in [0.717, 1.165) is 25.7 Å². The third-order valence-electron chi connectivity index (χ3n) is 5.30. The number of rotatable bonds is 7. The first kappa shape index (κ1) is 21.0. The van der Waals surface area contributed by atoms with Gasteiger partial charge in [0.25, 0.3) is 5.91 Å². The molecule has 1 heterocycles. The SMILES string of the molecule is C=CCN(C(=O)c1cccc(S(=O)(=O)NC2CCCC2)c1)C1CCS(=O)(=O)C1. The molecule has 3 rings (SSSR count). The van der Waals surface area contributed by atoms with Crippen LogP contribution >= 0.6 is 0 Å². The molecule has 1 aromatic carbocycles. The van der Waals surface area contributed by atoms with Crippen molar-refractivity contribution >= 4 is 25.8 Å². The van der Waals surface area contributed by atoms with Crippen LogP contribution < -0.4 is 4.72 Å². The van der Waals surface area contributed by atoms with Crippen molar-refractivity contribution in [2.45, 2.75) is 49.1 Å². The molecule has 0 aromatic heterocycles. The third kappa shape index (κ3) is 4.82. The van der Waals surface area contributed by atoms with Crippen molar-refractivity contribution < 1.29 is 21.6 Å². The van der Waals surface area contributed by atoms with Crippen LogP contribution in [0.1, 0.15) is 42.5 Å². The number of nitrogens with one attached hydrogen (secondary N) is 1. The van der Waals surface area contributed by atoms with Gasteiger partial charge in [-0.2, -0.15) is 0 Å². The Hall–Kier alpha value is -1.71. The standard InChI is InChI=1S/C19H26N2O5S2/c1-2-11-21(17-10-12-27(23,24)14-17)19(22)15-6-5-9-18(13-15)28(25,26)20-16-7-3-4-8-16/h2,5-6,9,13,16-17,20H,1,3-4,7-8,10-12,14H2. The van der Waals surface area contributed by atoms with Crippen LogP contribution in [0.2, 0.25) is 0 Å². The lowest BCUT2D eigenvalue weighted by Crippen LogP contribution is -2.41. The molecule has 1 aliphatic heterocycles. The number of hydrogen-bond acceptors (Lipinski definition) is 5. The Labute approximate surface area is 166 Å². The zero-order valence-corrected chi connectivity index (χ0v) is 17.3. The average Bonchev–Trinajstić information content (AvgIpc) is 3.28. The summed E-state index contributed by atoms with van der Waals surface area (Å²) in [7, 11) is -6.87. The van der Waals surface area contributed by atoms with Gasteiger partial charge in [-0.1, -0.05) is 25.0 Å². The van der Waals surface area contributed by atoms with E-state index >= 15 is 0 Å². The Kier molecular flexibility index (Phi) is 6.26. The van der Waals surface area contributed by atoms with Crippen LogP contribution in [0, 0.1) is 0 Å². The molecule has 1 atom stereocenters. The Morgan fingerprint density at radius 3 is 2.57 bits per heavy atom. The number of sulfonamides is 1. The van der Waals surface area contributed by atoms with Crippen molar-refractivity contribution in [2.75, 3.05) is 18.1 Å². The predicted octanol–water partition coefficient (Wildman–Crippen LogP) is 1.72. The minimum absolute atomic E-state index is 0.0443. The van der Waals surface area contributed by atoms with Crippen LogP contribution in [0.25, 0.3) is 0 Å². The Morgan fingerprint density at radius 1 is 1.25 bits per heavy atom. The quantitative estimate of drug-likeness (QED) is 0.669. The second-order valence-corrected chi connectivity index (χ2v) is 11.4. The Morgan fingerprint density at radius 2 is 1.96 bits per heavy atom. The van der Waals surface area contributed by atoms with Crippen molar-refractivity contribution in [3.8, 4) is 0 Å². The van der Waals surface area contributed by atoms with Crippen molar-refractivity contribution in [3.63, 3.8) is 0 Å². The summed E-state index contributed by atoms with van der Waals surface area (Å²) in [5.74, 6) is -0.411. The van der Waals surface area contributed by atoms with E-state index in [9.17, 15) is 21.6 Å². The zero-order valence-electron chi connectivity index (χ0n) is 15.7. The normalized spacial score (nSPS) is 22.2. The van der Waals surface area contributed by atoms with E-state index in [1.54, 1.807) is 12.1 Å². The molecule has 28 heavy (non-hydrogen) atoms. The number of carbonyl (C=O) groups is 1. The highest BCUT2D eigenvalue weighted by atomic mass is 32.2. The van der Waals surface area contributed by atoms with Crippen molar-refractivity contribution in [2.24, 2.45) is 0 Å². The number of sulfone groups is 1. The molecule has 154 valence electrons. The molecule has 0 bridgehead atoms. The van der Waals surface area contributed by atoms with Gasteiger partial charge in [-0.05, 0) is 37.5 Å². The highest BCUT2D eigenvalue weighted by Gasteiger charge is 2.34. The first-order valence-corrected chi connectivity index (χ1v) is 12.8. The topological polar surface area (TPSA) is 101 Å². The summed E-state index contributed by atoms with van der Waals surface area (Å²) in [6.07, 6.45) is 5.58. The number of benzene rings is 1. The molecular weight excluding hydrogens is 400 g/mol. The third-order valence-corrected chi connectivity index (χ3v) is 8.57. The van der Waals surface area contributed by atoms with Crippen LogP contribution in [0.5, 0.6) is 0 Å². The van der Waals surface area contributed by atoms with E-state index in [2.05, 4.69) is 11.3 Å². The van der Waals surface area contributed by atoms with Crippen LogP contribution in [0.4, 0.5) is 0 Å². The second kappa shape index (κ2) is 8.34. The molecule has 1 aromatic rings. The fourth-order valence-corrected chi connectivity index (χ4v) is 6.93. The predicted molar refractivity (Wildman–Crippen MR) is 107 cm³/mol. The van der Waals surface area contributed by atoms with Gasteiger partial charge in [0.2, 0.25) is 10.0 Å². The molecule has 1 saturated heterocycles. The second-order valence-electron chi connectivity index (χ2n) is 7.43. The first-order chi connectivity index (χ1) is 13.2. The average molecular weight is 427 g/mol. The fraction of sp³-hybridized carbons (Fsp3) is 0.526. The van der Waals surface area contributed by atoms with Crippen LogP contribution in [0.15, 0.2) is 41.8 Å². The van der Waals surface area contributed by atoms with E-state index < -0.39 is 25.9 Å². The lowest BCUT2D eigenvalue weighted by Gasteiger charge is -2.27. The molecule has 1 unspecified atom stereocenters. The molecule has 2 aliphatic rings. The Balaban J connectivity index is 1.83. The van der Waals surface area contributed by atoms with Gasteiger partial charge in [0, 0.05) is 24.2 Å². The first-order valence-electron chi connectivity index (χ1n) is 9.46. The highest BCUT2D eigenvalue weighted by molar-refractivity contribution is 7.91. The van der Waals surface area contributed by atoms with Crippen LogP contribution in [0.3, 0.4) is 0 Å². The monoisotopic (exact) mass is 426 g/mol. The van der Waals surface area contributed by atoms with Gasteiger partial charge in [-0.3, -0.25) is 4.79 Å². The van der Waals surface area contributed by atoms with Crippen molar-refractivity contribution in [1.82, 2.24) is 9.62 Å². The van der Waals surface area contributed by atoms with Crippen molar-refractivity contribution in [1.29, 1.82) is 0 Å². The fourth-order valence-electron chi connectivity index (χ4n) is 3.85. The van der Waals surface area contributed by atoms with Gasteiger partial charge in [-0.25, -0.2) is 21.6 Å². The largest absolute Gasteiger partial charge is 0.331 e. The van der Waals surface area contributed by atoms with Gasteiger partial charge >= 0.3 is 0 Å². The molecule has 9 heteroatoms. The molecule has 1 aliphatic carbocycles. The molecular formula is C19H26N2O5S2. The summed E-state index contributed by atoms with van der Waals surface area (Å²) in [5.41, 5.74) is 0.223. The molecule has 2 fully saturated rings. The summed E-state index contributed by atoms with van der Waals surface area (Å²) in [4.78, 5) is 14.5. The number of hydrogen-bond donors (Lipinski definition) is 1. The van der Waals surface area contributed by atoms with Gasteiger partial charge in [0.1, 0.15) is 0 Å². The minimum Gasteiger partial charge on any atom is -0.331 e. The maximum atomic E-state index is 13.0. The molecule has 0 radical (unpaired) electrons. The van der Waals surface area contributed by atoms with Crippen LogP contribution in [-0.4, -0.2) is 57.8 Å². The van der Waals surface area contributed by atoms with Gasteiger partial charge in [0.05, 0.1) is 16.4 Å². The van der Waals surface area contributed by atoms with E-state index in [-0.39, 0.29) is 40.5 Å². The van der Waals surface area contributed by atoms with Gasteiger partial charge in [-0.15, -0.1) is 6.58 Å². The van der Waals surface area contributed by atoms with Crippen LogP contribution in [-0.2, 0) is 19.9 Å².